The molecule has 0 N–H and O–H groups in total. The molecule has 0 saturated heterocycles. The molecule has 0 bridgehead atoms. The summed E-state index contributed by atoms with van der Waals surface area (Å²) in [5, 5.41) is 21.3. The Morgan fingerprint density at radius 1 is 0.549 bits per heavy atom. The molecule has 0 amide bonds. The van der Waals surface area contributed by atoms with Crippen LogP contribution in [0.1, 0.15) is 79.1 Å². The van der Waals surface area contributed by atoms with Gasteiger partial charge in [-0.15, -0.1) is 0 Å². The topological polar surface area (TPSA) is 254 Å². The monoisotopic (exact) mass is 924 g/mol. The van der Waals surface area contributed by atoms with E-state index in [1.807, 2.05) is 27.7 Å². The Morgan fingerprint density at radius 3 is 0.980 bits per heavy atom. The molecule has 0 fully saturated rings. The smallest absolute Gasteiger partial charge is 0.438 e. The van der Waals surface area contributed by atoms with Crippen molar-refractivity contribution >= 4 is 95.8 Å². The first-order valence-corrected chi connectivity index (χ1v) is 21.6. The van der Waals surface area contributed by atoms with Crippen molar-refractivity contribution in [3.63, 3.8) is 0 Å². The molecule has 284 valence electrons. The molecule has 0 saturated carbocycles. The molecule has 51 heavy (non-hydrogen) atoms. The normalized spacial score (nSPS) is 12.0. The first-order valence-electron chi connectivity index (χ1n) is 15.7. The van der Waals surface area contributed by atoms with Crippen LogP contribution in [0.3, 0.4) is 0 Å². The van der Waals surface area contributed by atoms with Gasteiger partial charge >= 0.3 is 48.9 Å². The summed E-state index contributed by atoms with van der Waals surface area (Å²) in [4.78, 5) is 19.3. The van der Waals surface area contributed by atoms with E-state index in [1.165, 1.54) is 0 Å². The number of nitro benzene ring substituents is 2. The fourth-order valence-corrected chi connectivity index (χ4v) is 9.47. The zero-order chi connectivity index (χ0) is 37.8. The van der Waals surface area contributed by atoms with Gasteiger partial charge in [0.15, 0.2) is 0 Å². The Kier molecular flexibility index (Phi) is 24.6. The standard InChI is InChI=1S/2C14H22N2O7PS.Ba/c2*1-3-5-11-22-24(19,23-12-6-4-2)15-25(20,21)14-9-7-13(8-10-14)16(17)18;/h2*7-10H,3-6,11-12H2,1-2H3;/q2*-1;+2. The van der Waals surface area contributed by atoms with Gasteiger partial charge in [0.2, 0.25) is 0 Å². The van der Waals surface area contributed by atoms with Crippen molar-refractivity contribution in [1.29, 1.82) is 0 Å². The van der Waals surface area contributed by atoms with Crippen molar-refractivity contribution in [2.45, 2.75) is 88.9 Å². The van der Waals surface area contributed by atoms with E-state index in [0.717, 1.165) is 74.2 Å². The number of nitro groups is 2. The molecule has 18 nitrogen and oxygen atoms in total. The van der Waals surface area contributed by atoms with Crippen LogP contribution >= 0.6 is 15.5 Å². The van der Waals surface area contributed by atoms with E-state index in [2.05, 4.69) is 8.99 Å². The molecule has 0 unspecified atom stereocenters. The summed E-state index contributed by atoms with van der Waals surface area (Å²) in [5.74, 6) is 0. The van der Waals surface area contributed by atoms with Gasteiger partial charge in [0.1, 0.15) is 20.0 Å². The minimum absolute atomic E-state index is 0. The molecule has 23 heteroatoms. The van der Waals surface area contributed by atoms with Crippen LogP contribution in [-0.4, -0.2) is 102 Å². The number of benzene rings is 2. The summed E-state index contributed by atoms with van der Waals surface area (Å²) in [5.41, 5.74) is -0.527. The summed E-state index contributed by atoms with van der Waals surface area (Å²) < 4.78 is 102. The molecule has 0 aromatic heterocycles. The van der Waals surface area contributed by atoms with E-state index >= 15 is 0 Å². The fraction of sp³-hybridized carbons (Fsp3) is 0.571. The molecule has 2 aromatic rings. The van der Waals surface area contributed by atoms with Crippen LogP contribution in [0.2, 0.25) is 0 Å². The maximum atomic E-state index is 12.6. The second-order valence-electron chi connectivity index (χ2n) is 10.3. The molecular weight excluding hydrogens is 880 g/mol. The summed E-state index contributed by atoms with van der Waals surface area (Å²) in [7, 11) is -17.1. The predicted molar refractivity (Wildman–Crippen MR) is 192 cm³/mol. The number of hydrogen-bond donors (Lipinski definition) is 0. The fourth-order valence-electron chi connectivity index (χ4n) is 3.30. The van der Waals surface area contributed by atoms with Crippen LogP contribution in [0.25, 0.3) is 8.99 Å². The predicted octanol–water partition coefficient (Wildman–Crippen LogP) is 8.42. The third kappa shape index (κ3) is 19.2. The van der Waals surface area contributed by atoms with E-state index < -0.39 is 45.4 Å². The quantitative estimate of drug-likeness (QED) is 0.0315. The molecular formula is C28H44BaN4O14P2S2. The van der Waals surface area contributed by atoms with Crippen LogP contribution in [0.4, 0.5) is 11.4 Å². The molecule has 2 rings (SSSR count). The molecule has 0 aliphatic heterocycles. The third-order valence-electron chi connectivity index (χ3n) is 6.12. The summed E-state index contributed by atoms with van der Waals surface area (Å²) in [6, 6.07) is 8.23. The van der Waals surface area contributed by atoms with Crippen molar-refractivity contribution in [3.05, 3.63) is 77.7 Å². The Labute approximate surface area is 339 Å². The number of nitrogens with zero attached hydrogens (tertiary/aromatic N) is 4. The molecule has 0 spiro atoms. The van der Waals surface area contributed by atoms with Crippen molar-refractivity contribution in [2.24, 2.45) is 0 Å². The van der Waals surface area contributed by atoms with Gasteiger partial charge in [-0.05, 0) is 49.9 Å². The Morgan fingerprint density at radius 2 is 0.784 bits per heavy atom. The van der Waals surface area contributed by atoms with Crippen LogP contribution < -0.4 is 0 Å². The first kappa shape index (κ1) is 49.9. The second kappa shape index (κ2) is 25.1. The summed E-state index contributed by atoms with van der Waals surface area (Å²) in [6.07, 6.45) is 5.38. The van der Waals surface area contributed by atoms with E-state index in [1.54, 1.807) is 0 Å². The Bertz CT molecular complexity index is 1520. The average Bonchev–Trinajstić information content (AvgIpc) is 3.05. The van der Waals surface area contributed by atoms with Gasteiger partial charge in [0, 0.05) is 34.1 Å². The molecule has 0 heterocycles. The Hall–Kier alpha value is -1.07. The number of hydrogen-bond acceptors (Lipinski definition) is 14. The van der Waals surface area contributed by atoms with E-state index in [9.17, 15) is 46.2 Å². The van der Waals surface area contributed by atoms with Gasteiger partial charge in [0.05, 0.1) is 36.3 Å². The number of sulfonamides is 2. The number of unbranched alkanes of at least 4 members (excludes halogenated alkanes) is 4. The van der Waals surface area contributed by atoms with Crippen LogP contribution in [-0.2, 0) is 47.3 Å². The van der Waals surface area contributed by atoms with Crippen molar-refractivity contribution < 1.29 is 53.9 Å². The van der Waals surface area contributed by atoms with Crippen LogP contribution in [0, 0.1) is 20.2 Å². The molecule has 0 radical (unpaired) electrons. The molecule has 0 aliphatic carbocycles. The summed E-state index contributed by atoms with van der Waals surface area (Å²) in [6.45, 7) is 7.82. The number of non-ortho nitro benzene ring substituents is 2. The number of rotatable bonds is 24. The largest absolute Gasteiger partial charge is 2.00 e. The van der Waals surface area contributed by atoms with Gasteiger partial charge in [-0.1, -0.05) is 53.4 Å². The van der Waals surface area contributed by atoms with Gasteiger partial charge in [-0.2, -0.15) is 0 Å². The van der Waals surface area contributed by atoms with Gasteiger partial charge in [-0.3, -0.25) is 29.4 Å². The minimum atomic E-state index is -4.35. The van der Waals surface area contributed by atoms with E-state index in [0.29, 0.717) is 25.7 Å². The van der Waals surface area contributed by atoms with Crippen molar-refractivity contribution in [3.8, 4) is 0 Å². The zero-order valence-corrected chi connectivity index (χ0v) is 36.9. The second-order valence-corrected chi connectivity index (χ2v) is 17.4. The van der Waals surface area contributed by atoms with Crippen LogP contribution in [0.15, 0.2) is 58.3 Å². The summed E-state index contributed by atoms with van der Waals surface area (Å²) >= 11 is 0. The molecule has 0 atom stereocenters. The maximum Gasteiger partial charge on any atom is 2.00 e. The zero-order valence-electron chi connectivity index (χ0n) is 29.0. The SMILES string of the molecule is CCCCOP(=O)([N-]S(=O)(=O)c1ccc([N+](=O)[O-])cc1)OCCCC.CCCCOP(=O)([N-]S(=O)(=O)c1ccc([N+](=O)[O-])cc1)OCCCC.[Ba+2]. The minimum Gasteiger partial charge on any atom is -0.438 e. The average molecular weight is 924 g/mol. The molecule has 2 aromatic carbocycles. The maximum absolute atomic E-state index is 12.6. The first-order chi connectivity index (χ1) is 23.5. The van der Waals surface area contributed by atoms with E-state index in [4.69, 9.17) is 18.1 Å². The third-order valence-corrected chi connectivity index (χ3v) is 13.2. The van der Waals surface area contributed by atoms with Gasteiger partial charge in [0.25, 0.3) is 26.9 Å². The van der Waals surface area contributed by atoms with Crippen molar-refractivity contribution in [1.82, 2.24) is 0 Å². The van der Waals surface area contributed by atoms with Crippen molar-refractivity contribution in [2.75, 3.05) is 26.4 Å². The molecule has 0 aliphatic rings. The van der Waals surface area contributed by atoms with Gasteiger partial charge in [-0.25, -0.2) is 16.8 Å². The Balaban J connectivity index is 0.000000962. The van der Waals surface area contributed by atoms with Crippen LogP contribution in [0.5, 0.6) is 0 Å². The van der Waals surface area contributed by atoms with E-state index in [-0.39, 0.29) is 96.5 Å². The van der Waals surface area contributed by atoms with Gasteiger partial charge < -0.3 is 27.1 Å².